The highest BCUT2D eigenvalue weighted by atomic mass is 35.5. The predicted molar refractivity (Wildman–Crippen MR) is 93.9 cm³/mol. The van der Waals surface area contributed by atoms with Gasteiger partial charge in [0.2, 0.25) is 0 Å². The number of aryl methyl sites for hydroxylation is 2. The van der Waals surface area contributed by atoms with Crippen LogP contribution in [0.5, 0.6) is 11.5 Å². The van der Waals surface area contributed by atoms with Crippen LogP contribution >= 0.6 is 11.6 Å². The first-order valence-corrected chi connectivity index (χ1v) is 8.54. The number of hydrogen-bond acceptors (Lipinski definition) is 2. The summed E-state index contributed by atoms with van der Waals surface area (Å²) in [4.78, 5) is 1.94. The second kappa shape index (κ2) is 6.79. The van der Waals surface area contributed by atoms with Crippen LogP contribution in [-0.4, -0.2) is 13.1 Å². The van der Waals surface area contributed by atoms with Gasteiger partial charge in [0.15, 0.2) is 5.75 Å². The Kier molecular flexibility index (Phi) is 4.87. The molecule has 0 spiro atoms. The molecule has 2 aromatic carbocycles. The van der Waals surface area contributed by atoms with E-state index in [1.165, 1.54) is 12.1 Å². The Morgan fingerprint density at radius 1 is 1.00 bits per heavy atom. The molecule has 0 radical (unpaired) electrons. The van der Waals surface area contributed by atoms with E-state index in [2.05, 4.69) is 0 Å². The van der Waals surface area contributed by atoms with Crippen molar-refractivity contribution in [1.82, 2.24) is 0 Å². The average Bonchev–Trinajstić information content (AvgIpc) is 3.06. The standard InChI is InChI=1S/C19H19ClF3NO/c1-12-9-15(10-13(2)18(12)20)25-17-6-5-14(19(21,22)23)11-16(17)24-7-3-4-8-24/h5-6,9-11H,3-4,7-8H2,1-2H3. The van der Waals surface area contributed by atoms with Gasteiger partial charge in [-0.2, -0.15) is 13.2 Å². The topological polar surface area (TPSA) is 12.5 Å². The van der Waals surface area contributed by atoms with E-state index in [9.17, 15) is 13.2 Å². The summed E-state index contributed by atoms with van der Waals surface area (Å²) < 4.78 is 45.2. The van der Waals surface area contributed by atoms with Crippen LogP contribution in [0.25, 0.3) is 0 Å². The minimum atomic E-state index is -4.37. The molecule has 0 N–H and O–H groups in total. The van der Waals surface area contributed by atoms with Crippen molar-refractivity contribution < 1.29 is 17.9 Å². The van der Waals surface area contributed by atoms with E-state index in [1.807, 2.05) is 18.7 Å². The average molecular weight is 370 g/mol. The Morgan fingerprint density at radius 2 is 1.60 bits per heavy atom. The monoisotopic (exact) mass is 369 g/mol. The molecule has 2 aromatic rings. The number of rotatable bonds is 3. The molecule has 0 atom stereocenters. The molecule has 6 heteroatoms. The summed E-state index contributed by atoms with van der Waals surface area (Å²) in [5.41, 5.74) is 1.56. The van der Waals surface area contributed by atoms with Gasteiger partial charge in [-0.1, -0.05) is 11.6 Å². The SMILES string of the molecule is Cc1cc(Oc2ccc(C(F)(F)F)cc2N2CCCC2)cc(C)c1Cl. The number of halogens is 4. The van der Waals surface area contributed by atoms with Gasteiger partial charge >= 0.3 is 6.18 Å². The molecular weight excluding hydrogens is 351 g/mol. The zero-order valence-electron chi connectivity index (χ0n) is 14.1. The first-order chi connectivity index (χ1) is 11.8. The Hall–Kier alpha value is -1.88. The summed E-state index contributed by atoms with van der Waals surface area (Å²) in [6.45, 7) is 5.21. The first kappa shape index (κ1) is 17.9. The van der Waals surface area contributed by atoms with Crippen LogP contribution < -0.4 is 9.64 Å². The second-order valence-electron chi connectivity index (χ2n) is 6.35. The lowest BCUT2D eigenvalue weighted by atomic mass is 10.1. The van der Waals surface area contributed by atoms with Crippen molar-refractivity contribution in [2.24, 2.45) is 0 Å². The van der Waals surface area contributed by atoms with Crippen LogP contribution in [0, 0.1) is 13.8 Å². The molecule has 2 nitrogen and oxygen atoms in total. The number of alkyl halides is 3. The molecule has 0 amide bonds. The summed E-state index contributed by atoms with van der Waals surface area (Å²) in [5, 5.41) is 0.666. The number of ether oxygens (including phenoxy) is 1. The van der Waals surface area contributed by atoms with Gasteiger partial charge in [0.05, 0.1) is 11.3 Å². The minimum Gasteiger partial charge on any atom is -0.455 e. The van der Waals surface area contributed by atoms with E-state index >= 15 is 0 Å². The lowest BCUT2D eigenvalue weighted by molar-refractivity contribution is -0.137. The number of hydrogen-bond donors (Lipinski definition) is 0. The lowest BCUT2D eigenvalue weighted by Gasteiger charge is -2.23. The van der Waals surface area contributed by atoms with Crippen LogP contribution in [0.1, 0.15) is 29.5 Å². The molecule has 3 rings (SSSR count). The third-order valence-electron chi connectivity index (χ3n) is 4.37. The highest BCUT2D eigenvalue weighted by Crippen LogP contribution is 2.40. The third kappa shape index (κ3) is 3.87. The van der Waals surface area contributed by atoms with Crippen molar-refractivity contribution >= 4 is 17.3 Å². The van der Waals surface area contributed by atoms with Gasteiger partial charge in [-0.25, -0.2) is 0 Å². The van der Waals surface area contributed by atoms with E-state index in [0.29, 0.717) is 22.2 Å². The zero-order valence-corrected chi connectivity index (χ0v) is 14.8. The number of nitrogens with zero attached hydrogens (tertiary/aromatic N) is 1. The van der Waals surface area contributed by atoms with Gasteiger partial charge in [0, 0.05) is 18.1 Å². The van der Waals surface area contributed by atoms with Crippen LogP contribution in [0.2, 0.25) is 5.02 Å². The van der Waals surface area contributed by atoms with Gasteiger partial charge in [-0.3, -0.25) is 0 Å². The Balaban J connectivity index is 2.00. The Morgan fingerprint density at radius 3 is 2.16 bits per heavy atom. The van der Waals surface area contributed by atoms with Gasteiger partial charge in [-0.05, 0) is 68.1 Å². The van der Waals surface area contributed by atoms with Crippen molar-refractivity contribution in [2.75, 3.05) is 18.0 Å². The largest absolute Gasteiger partial charge is 0.455 e. The van der Waals surface area contributed by atoms with Gasteiger partial charge in [-0.15, -0.1) is 0 Å². The Bertz CT molecular complexity index is 760. The van der Waals surface area contributed by atoms with Crippen LogP contribution in [0.4, 0.5) is 18.9 Å². The molecule has 1 aliphatic heterocycles. The molecule has 0 aromatic heterocycles. The molecule has 0 unspecified atom stereocenters. The Labute approximate surface area is 150 Å². The van der Waals surface area contributed by atoms with Gasteiger partial charge in [0.1, 0.15) is 5.75 Å². The fraction of sp³-hybridized carbons (Fsp3) is 0.368. The van der Waals surface area contributed by atoms with Crippen molar-refractivity contribution in [3.63, 3.8) is 0 Å². The van der Waals surface area contributed by atoms with Crippen LogP contribution in [0.3, 0.4) is 0 Å². The molecule has 1 heterocycles. The first-order valence-electron chi connectivity index (χ1n) is 8.16. The summed E-state index contributed by atoms with van der Waals surface area (Å²) in [7, 11) is 0. The van der Waals surface area contributed by atoms with E-state index in [1.54, 1.807) is 12.1 Å². The molecule has 0 bridgehead atoms. The summed E-state index contributed by atoms with van der Waals surface area (Å²) in [6, 6.07) is 7.22. The van der Waals surface area contributed by atoms with Crippen molar-refractivity contribution in [1.29, 1.82) is 0 Å². The fourth-order valence-corrected chi connectivity index (χ4v) is 3.19. The van der Waals surface area contributed by atoms with Crippen molar-refractivity contribution in [3.05, 3.63) is 52.0 Å². The van der Waals surface area contributed by atoms with Crippen molar-refractivity contribution in [3.8, 4) is 11.5 Å². The third-order valence-corrected chi connectivity index (χ3v) is 4.97. The number of anilines is 1. The zero-order chi connectivity index (χ0) is 18.2. The van der Waals surface area contributed by atoms with E-state index in [-0.39, 0.29) is 0 Å². The fourth-order valence-electron chi connectivity index (χ4n) is 3.08. The molecular formula is C19H19ClF3NO. The molecule has 1 fully saturated rings. The quantitative estimate of drug-likeness (QED) is 0.623. The van der Waals surface area contributed by atoms with E-state index in [4.69, 9.17) is 16.3 Å². The summed E-state index contributed by atoms with van der Waals surface area (Å²) >= 11 is 6.17. The molecule has 1 aliphatic rings. The highest BCUT2D eigenvalue weighted by Gasteiger charge is 2.32. The number of benzene rings is 2. The second-order valence-corrected chi connectivity index (χ2v) is 6.73. The maximum absolute atomic E-state index is 13.1. The van der Waals surface area contributed by atoms with E-state index < -0.39 is 11.7 Å². The van der Waals surface area contributed by atoms with Crippen LogP contribution in [-0.2, 0) is 6.18 Å². The highest BCUT2D eigenvalue weighted by molar-refractivity contribution is 6.32. The molecule has 0 aliphatic carbocycles. The molecule has 134 valence electrons. The maximum atomic E-state index is 13.1. The predicted octanol–water partition coefficient (Wildman–Crippen LogP) is 6.37. The normalized spacial score (nSPS) is 14.9. The lowest BCUT2D eigenvalue weighted by Crippen LogP contribution is -2.19. The van der Waals surface area contributed by atoms with Gasteiger partial charge < -0.3 is 9.64 Å². The van der Waals surface area contributed by atoms with E-state index in [0.717, 1.165) is 43.1 Å². The maximum Gasteiger partial charge on any atom is 0.416 e. The van der Waals surface area contributed by atoms with Crippen LogP contribution in [0.15, 0.2) is 30.3 Å². The molecule has 0 saturated carbocycles. The van der Waals surface area contributed by atoms with Gasteiger partial charge in [0.25, 0.3) is 0 Å². The van der Waals surface area contributed by atoms with Crippen molar-refractivity contribution in [2.45, 2.75) is 32.9 Å². The minimum absolute atomic E-state index is 0.427. The molecule has 25 heavy (non-hydrogen) atoms. The molecule has 1 saturated heterocycles. The summed E-state index contributed by atoms with van der Waals surface area (Å²) in [5.74, 6) is 0.996. The summed E-state index contributed by atoms with van der Waals surface area (Å²) in [6.07, 6.45) is -2.44. The smallest absolute Gasteiger partial charge is 0.416 e.